The number of anilines is 1. The Morgan fingerprint density at radius 1 is 1.12 bits per heavy atom. The van der Waals surface area contributed by atoms with Gasteiger partial charge in [0, 0.05) is 19.4 Å². The van der Waals surface area contributed by atoms with Gasteiger partial charge in [-0.15, -0.1) is 0 Å². The van der Waals surface area contributed by atoms with Gasteiger partial charge in [0.25, 0.3) is 5.91 Å². The number of aryl methyl sites for hydroxylation is 1. The predicted molar refractivity (Wildman–Crippen MR) is 85.8 cm³/mol. The minimum absolute atomic E-state index is 0.0348. The molecule has 0 aliphatic rings. The highest BCUT2D eigenvalue weighted by Gasteiger charge is 2.39. The second kappa shape index (κ2) is 6.39. The largest absolute Gasteiger partial charge is 0.435 e. The lowest BCUT2D eigenvalue weighted by molar-refractivity contribution is -0.140. The topological polar surface area (TPSA) is 59.8 Å². The van der Waals surface area contributed by atoms with Gasteiger partial charge in [0.15, 0.2) is 5.69 Å². The van der Waals surface area contributed by atoms with E-state index in [1.807, 2.05) is 0 Å². The summed E-state index contributed by atoms with van der Waals surface area (Å²) in [6.45, 7) is 0. The van der Waals surface area contributed by atoms with E-state index in [1.165, 1.54) is 37.6 Å². The lowest BCUT2D eigenvalue weighted by Crippen LogP contribution is -2.15. The maximum atomic E-state index is 13.4. The first-order chi connectivity index (χ1) is 11.9. The van der Waals surface area contributed by atoms with Gasteiger partial charge in [-0.3, -0.25) is 14.5 Å². The molecule has 3 rings (SSSR count). The lowest BCUT2D eigenvalue weighted by atomic mass is 10.0. The fraction of sp³-hybridized carbons (Fsp3) is 0.118. The van der Waals surface area contributed by atoms with Gasteiger partial charge in [0.05, 0.1) is 11.1 Å². The smallest absolute Gasteiger partial charge is 0.306 e. The van der Waals surface area contributed by atoms with Crippen LogP contribution in [0.5, 0.6) is 0 Å². The molecule has 1 aromatic carbocycles. The molecule has 0 aliphatic heterocycles. The van der Waals surface area contributed by atoms with Crippen LogP contribution in [0.4, 0.5) is 19.0 Å². The highest BCUT2D eigenvalue weighted by Crippen LogP contribution is 2.40. The first kappa shape index (κ1) is 16.7. The Kier molecular flexibility index (Phi) is 4.26. The molecular weight excluding hydrogens is 333 g/mol. The summed E-state index contributed by atoms with van der Waals surface area (Å²) in [6, 6.07) is 11.1. The number of nitrogens with zero attached hydrogens (tertiary/aromatic N) is 3. The van der Waals surface area contributed by atoms with Crippen molar-refractivity contribution in [2.45, 2.75) is 6.18 Å². The minimum Gasteiger partial charge on any atom is -0.306 e. The van der Waals surface area contributed by atoms with Crippen molar-refractivity contribution >= 4 is 11.7 Å². The Labute approximate surface area is 141 Å². The number of benzene rings is 1. The molecule has 0 radical (unpaired) electrons. The molecule has 0 unspecified atom stereocenters. The number of hydrogen-bond donors (Lipinski definition) is 1. The number of hydrogen-bond acceptors (Lipinski definition) is 3. The molecule has 128 valence electrons. The van der Waals surface area contributed by atoms with Gasteiger partial charge in [-0.1, -0.05) is 30.3 Å². The fourth-order valence-corrected chi connectivity index (χ4v) is 2.42. The van der Waals surface area contributed by atoms with Crippen LogP contribution in [0.25, 0.3) is 11.1 Å². The first-order valence-corrected chi connectivity index (χ1v) is 7.29. The van der Waals surface area contributed by atoms with Gasteiger partial charge in [-0.2, -0.15) is 18.3 Å². The van der Waals surface area contributed by atoms with Crippen LogP contribution in [-0.4, -0.2) is 20.7 Å². The molecule has 1 N–H and O–H groups in total. The summed E-state index contributed by atoms with van der Waals surface area (Å²) < 4.78 is 41.2. The van der Waals surface area contributed by atoms with Crippen LogP contribution >= 0.6 is 0 Å². The molecule has 3 aromatic rings. The van der Waals surface area contributed by atoms with Crippen LogP contribution < -0.4 is 5.32 Å². The maximum Gasteiger partial charge on any atom is 0.435 e. The van der Waals surface area contributed by atoms with Gasteiger partial charge in [-0.05, 0) is 17.7 Å². The molecule has 0 saturated heterocycles. The van der Waals surface area contributed by atoms with Crippen LogP contribution in [0, 0.1) is 0 Å². The summed E-state index contributed by atoms with van der Waals surface area (Å²) in [5, 5.41) is 6.07. The number of aromatic nitrogens is 3. The molecular formula is C17H13F3N4O. The van der Waals surface area contributed by atoms with E-state index in [0.29, 0.717) is 5.56 Å². The van der Waals surface area contributed by atoms with E-state index in [9.17, 15) is 18.0 Å². The molecule has 5 nitrogen and oxygen atoms in total. The van der Waals surface area contributed by atoms with Crippen molar-refractivity contribution in [3.63, 3.8) is 0 Å². The molecule has 0 spiro atoms. The summed E-state index contributed by atoms with van der Waals surface area (Å²) in [4.78, 5) is 16.2. The summed E-state index contributed by atoms with van der Waals surface area (Å²) in [7, 11) is 1.35. The van der Waals surface area contributed by atoms with Crippen LogP contribution in [0.15, 0.2) is 54.9 Å². The van der Waals surface area contributed by atoms with Gasteiger partial charge in [0.1, 0.15) is 5.82 Å². The van der Waals surface area contributed by atoms with E-state index in [2.05, 4.69) is 15.4 Å². The Morgan fingerprint density at radius 3 is 2.44 bits per heavy atom. The molecule has 0 atom stereocenters. The summed E-state index contributed by atoms with van der Waals surface area (Å²) in [5.74, 6) is -0.602. The van der Waals surface area contributed by atoms with Crippen LogP contribution in [0.2, 0.25) is 0 Å². The zero-order valence-corrected chi connectivity index (χ0v) is 13.1. The van der Waals surface area contributed by atoms with Gasteiger partial charge in [0.2, 0.25) is 0 Å². The average molecular weight is 346 g/mol. The molecule has 8 heteroatoms. The number of carbonyl (C=O) groups is 1. The Balaban J connectivity index is 2.10. The second-order valence-corrected chi connectivity index (χ2v) is 5.26. The Bertz CT molecular complexity index is 890. The third kappa shape index (κ3) is 3.37. The molecule has 1 amide bonds. The molecule has 2 aromatic heterocycles. The van der Waals surface area contributed by atoms with Crippen LogP contribution in [-0.2, 0) is 13.2 Å². The van der Waals surface area contributed by atoms with Crippen molar-refractivity contribution < 1.29 is 18.0 Å². The number of alkyl halides is 3. The quantitative estimate of drug-likeness (QED) is 0.786. The summed E-state index contributed by atoms with van der Waals surface area (Å²) >= 11 is 0. The van der Waals surface area contributed by atoms with Gasteiger partial charge in [-0.25, -0.2) is 0 Å². The Morgan fingerprint density at radius 2 is 1.84 bits per heavy atom. The van der Waals surface area contributed by atoms with E-state index in [1.54, 1.807) is 24.3 Å². The van der Waals surface area contributed by atoms with Gasteiger partial charge < -0.3 is 5.32 Å². The van der Waals surface area contributed by atoms with Gasteiger partial charge >= 0.3 is 6.18 Å². The summed E-state index contributed by atoms with van der Waals surface area (Å²) in [5.41, 5.74) is -0.684. The van der Waals surface area contributed by atoms with Crippen molar-refractivity contribution in [1.82, 2.24) is 14.8 Å². The normalized spacial score (nSPS) is 11.4. The number of nitrogens with one attached hydrogen (secondary N) is 1. The molecule has 0 fully saturated rings. The lowest BCUT2D eigenvalue weighted by Gasteiger charge is -2.10. The molecule has 0 aliphatic carbocycles. The zero-order chi connectivity index (χ0) is 18.0. The summed E-state index contributed by atoms with van der Waals surface area (Å²) in [6.07, 6.45) is -1.82. The van der Waals surface area contributed by atoms with E-state index < -0.39 is 17.8 Å². The number of amides is 1. The molecule has 2 heterocycles. The third-order valence-corrected chi connectivity index (χ3v) is 3.53. The van der Waals surface area contributed by atoms with Crippen molar-refractivity contribution in [3.05, 3.63) is 66.1 Å². The molecule has 0 saturated carbocycles. The van der Waals surface area contributed by atoms with E-state index in [-0.39, 0.29) is 16.9 Å². The average Bonchev–Trinajstić information content (AvgIpc) is 2.93. The molecule has 25 heavy (non-hydrogen) atoms. The monoisotopic (exact) mass is 346 g/mol. The maximum absolute atomic E-state index is 13.4. The predicted octanol–water partition coefficient (Wildman–Crippen LogP) is 3.75. The fourth-order valence-electron chi connectivity index (χ4n) is 2.42. The van der Waals surface area contributed by atoms with Crippen LogP contribution in [0.1, 0.15) is 16.1 Å². The second-order valence-electron chi connectivity index (χ2n) is 5.26. The van der Waals surface area contributed by atoms with Crippen molar-refractivity contribution in [2.24, 2.45) is 7.05 Å². The van der Waals surface area contributed by atoms with E-state index >= 15 is 0 Å². The highest BCUT2D eigenvalue weighted by molar-refractivity contribution is 6.05. The van der Waals surface area contributed by atoms with Crippen molar-refractivity contribution in [3.8, 4) is 11.1 Å². The highest BCUT2D eigenvalue weighted by atomic mass is 19.4. The minimum atomic E-state index is -4.65. The third-order valence-electron chi connectivity index (χ3n) is 3.53. The van der Waals surface area contributed by atoms with Crippen molar-refractivity contribution in [2.75, 3.05) is 5.32 Å². The van der Waals surface area contributed by atoms with Crippen LogP contribution in [0.3, 0.4) is 0 Å². The number of pyridine rings is 1. The first-order valence-electron chi connectivity index (χ1n) is 7.29. The van der Waals surface area contributed by atoms with E-state index in [4.69, 9.17) is 0 Å². The standard InChI is InChI=1S/C17H13F3N4O/c1-24-15(22-16(25)12-8-5-9-21-10-12)13(11-6-3-2-4-7-11)14(23-24)17(18,19)20/h2-10H,1H3,(H,22,25). The van der Waals surface area contributed by atoms with E-state index in [0.717, 1.165) is 4.68 Å². The zero-order valence-electron chi connectivity index (χ0n) is 13.1. The molecule has 0 bridgehead atoms. The van der Waals surface area contributed by atoms with Crippen molar-refractivity contribution in [1.29, 1.82) is 0 Å². The number of rotatable bonds is 3. The number of halogens is 3. The Hall–Kier alpha value is -3.16. The SMILES string of the molecule is Cn1nc(C(F)(F)F)c(-c2ccccc2)c1NC(=O)c1cccnc1. The number of carbonyl (C=O) groups excluding carboxylic acids is 1.